The molecule has 1 aromatic carbocycles. The van der Waals surface area contributed by atoms with Crippen molar-refractivity contribution in [3.63, 3.8) is 0 Å². The van der Waals surface area contributed by atoms with Crippen molar-refractivity contribution in [1.82, 2.24) is 25.6 Å². The molecular weight excluding hydrogens is 342 g/mol. The summed E-state index contributed by atoms with van der Waals surface area (Å²) in [5.74, 6) is -1.66. The molecule has 0 saturated carbocycles. The summed E-state index contributed by atoms with van der Waals surface area (Å²) in [6.45, 7) is 0. The monoisotopic (exact) mass is 355 g/mol. The predicted molar refractivity (Wildman–Crippen MR) is 91.8 cm³/mol. The van der Waals surface area contributed by atoms with E-state index in [0.29, 0.717) is 5.69 Å². The van der Waals surface area contributed by atoms with E-state index in [-0.39, 0.29) is 21.6 Å². The van der Waals surface area contributed by atoms with E-state index in [1.807, 2.05) is 6.07 Å². The van der Waals surface area contributed by atoms with E-state index in [9.17, 15) is 14.7 Å². The number of aromatic amines is 1. The minimum Gasteiger partial charge on any atom is -0.504 e. The lowest BCUT2D eigenvalue weighted by Gasteiger charge is -2.06. The highest BCUT2D eigenvalue weighted by Gasteiger charge is 2.18. The van der Waals surface area contributed by atoms with E-state index >= 15 is 0 Å². The topological polar surface area (TPSA) is 112 Å². The highest BCUT2D eigenvalue weighted by Crippen LogP contribution is 2.17. The Morgan fingerprint density at radius 1 is 1.08 bits per heavy atom. The van der Waals surface area contributed by atoms with E-state index in [0.717, 1.165) is 0 Å². The van der Waals surface area contributed by atoms with Crippen LogP contribution in [0.3, 0.4) is 0 Å². The molecule has 0 unspecified atom stereocenters. The minimum absolute atomic E-state index is 0.205. The summed E-state index contributed by atoms with van der Waals surface area (Å²) in [6, 6.07) is 12.1. The number of benzene rings is 1. The molecule has 25 heavy (non-hydrogen) atoms. The van der Waals surface area contributed by atoms with Gasteiger partial charge < -0.3 is 10.1 Å². The molecular formula is C16H13N5O3S. The predicted octanol–water partition coefficient (Wildman–Crippen LogP) is 1.71. The van der Waals surface area contributed by atoms with Gasteiger partial charge in [0.15, 0.2) is 11.4 Å². The van der Waals surface area contributed by atoms with Crippen LogP contribution in [0.25, 0.3) is 5.69 Å². The summed E-state index contributed by atoms with van der Waals surface area (Å²) in [5.41, 5.74) is 5.09. The van der Waals surface area contributed by atoms with Gasteiger partial charge in [-0.25, -0.2) is 4.68 Å². The van der Waals surface area contributed by atoms with Gasteiger partial charge in [0.2, 0.25) is 0 Å². The molecule has 3 rings (SSSR count). The average Bonchev–Trinajstić information content (AvgIpc) is 3.02. The van der Waals surface area contributed by atoms with Gasteiger partial charge in [-0.05, 0) is 24.3 Å². The van der Waals surface area contributed by atoms with Gasteiger partial charge in [-0.3, -0.25) is 20.4 Å². The van der Waals surface area contributed by atoms with Gasteiger partial charge >= 0.3 is 0 Å². The van der Waals surface area contributed by atoms with Crippen molar-refractivity contribution in [3.05, 3.63) is 70.8 Å². The summed E-state index contributed by atoms with van der Waals surface area (Å²) in [5, 5.41) is 13.9. The Labute approximate surface area is 147 Å². The fourth-order valence-corrected chi connectivity index (χ4v) is 2.31. The Morgan fingerprint density at radius 2 is 1.80 bits per heavy atom. The van der Waals surface area contributed by atoms with E-state index in [1.54, 1.807) is 36.5 Å². The first-order valence-electron chi connectivity index (χ1n) is 7.18. The summed E-state index contributed by atoms with van der Waals surface area (Å²) in [4.78, 5) is 26.9. The first-order valence-corrected chi connectivity index (χ1v) is 7.59. The van der Waals surface area contributed by atoms with Gasteiger partial charge in [-0.1, -0.05) is 30.4 Å². The van der Waals surface area contributed by atoms with Crippen LogP contribution in [0.15, 0.2) is 54.9 Å². The number of para-hydroxylation sites is 1. The van der Waals surface area contributed by atoms with Crippen molar-refractivity contribution < 1.29 is 14.7 Å². The lowest BCUT2D eigenvalue weighted by atomic mass is 10.3. The third-order valence-corrected chi connectivity index (χ3v) is 3.62. The number of carbonyl (C=O) groups excluding carboxylic acids is 2. The summed E-state index contributed by atoms with van der Waals surface area (Å²) in [6.07, 6.45) is 2.89. The number of hydrazine groups is 1. The number of amides is 2. The van der Waals surface area contributed by atoms with E-state index in [1.165, 1.54) is 16.9 Å². The van der Waals surface area contributed by atoms with Gasteiger partial charge in [0.25, 0.3) is 11.8 Å². The second-order valence-corrected chi connectivity index (χ2v) is 5.37. The maximum atomic E-state index is 12.1. The van der Waals surface area contributed by atoms with Crippen LogP contribution < -0.4 is 10.9 Å². The van der Waals surface area contributed by atoms with Crippen LogP contribution in [0.5, 0.6) is 5.75 Å². The summed E-state index contributed by atoms with van der Waals surface area (Å²) >= 11 is 5.00. The number of carbonyl (C=O) groups is 2. The number of hydrogen-bond donors (Lipinski definition) is 4. The maximum Gasteiger partial charge on any atom is 0.294 e. The molecule has 0 aliphatic rings. The van der Waals surface area contributed by atoms with Crippen molar-refractivity contribution >= 4 is 24.0 Å². The first-order chi connectivity index (χ1) is 12.1. The lowest BCUT2D eigenvalue weighted by Crippen LogP contribution is -2.42. The van der Waals surface area contributed by atoms with Crippen molar-refractivity contribution in [2.24, 2.45) is 0 Å². The zero-order valence-corrected chi connectivity index (χ0v) is 13.6. The first kappa shape index (κ1) is 16.4. The molecule has 2 heterocycles. The van der Waals surface area contributed by atoms with E-state index in [4.69, 9.17) is 12.2 Å². The summed E-state index contributed by atoms with van der Waals surface area (Å²) in [7, 11) is 0. The van der Waals surface area contributed by atoms with Crippen molar-refractivity contribution in [1.29, 1.82) is 0 Å². The van der Waals surface area contributed by atoms with Crippen LogP contribution in [0.4, 0.5) is 0 Å². The zero-order valence-electron chi connectivity index (χ0n) is 12.8. The largest absolute Gasteiger partial charge is 0.504 e. The second-order valence-electron chi connectivity index (χ2n) is 4.96. The molecule has 0 aliphatic carbocycles. The Bertz CT molecular complexity index is 981. The molecule has 0 bridgehead atoms. The van der Waals surface area contributed by atoms with Crippen LogP contribution in [-0.2, 0) is 0 Å². The molecule has 9 heteroatoms. The van der Waals surface area contributed by atoms with Gasteiger partial charge in [0.1, 0.15) is 4.64 Å². The van der Waals surface area contributed by atoms with Crippen molar-refractivity contribution in [2.45, 2.75) is 0 Å². The number of aromatic nitrogens is 3. The molecule has 0 saturated heterocycles. The molecule has 2 aromatic heterocycles. The molecule has 4 N–H and O–H groups in total. The summed E-state index contributed by atoms with van der Waals surface area (Å²) < 4.78 is 1.60. The number of aromatic hydroxyl groups is 1. The number of rotatable bonds is 3. The quantitative estimate of drug-likeness (QED) is 0.422. The third-order valence-electron chi connectivity index (χ3n) is 3.28. The third kappa shape index (κ3) is 3.56. The molecule has 3 aromatic rings. The number of nitrogens with zero attached hydrogens (tertiary/aromatic N) is 2. The van der Waals surface area contributed by atoms with Crippen LogP contribution in [-0.4, -0.2) is 31.7 Å². The zero-order chi connectivity index (χ0) is 17.8. The number of H-pyrrole nitrogens is 1. The van der Waals surface area contributed by atoms with Gasteiger partial charge in [0, 0.05) is 6.20 Å². The molecule has 0 aliphatic heterocycles. The molecule has 0 spiro atoms. The SMILES string of the molecule is O=C(NNC(=O)c1ccc[nH]c1=S)c1nn(-c2ccccc2)cc1O. The second kappa shape index (κ2) is 6.97. The molecule has 0 fully saturated rings. The van der Waals surface area contributed by atoms with Gasteiger partial charge in [-0.2, -0.15) is 5.10 Å². The fourth-order valence-electron chi connectivity index (χ4n) is 2.08. The number of pyridine rings is 1. The normalized spacial score (nSPS) is 10.2. The van der Waals surface area contributed by atoms with Gasteiger partial charge in [0.05, 0.1) is 17.4 Å². The van der Waals surface area contributed by atoms with Gasteiger partial charge in [-0.15, -0.1) is 0 Å². The van der Waals surface area contributed by atoms with Crippen LogP contribution >= 0.6 is 12.2 Å². The molecule has 0 radical (unpaired) electrons. The fraction of sp³-hybridized carbons (Fsp3) is 0. The average molecular weight is 355 g/mol. The molecule has 2 amide bonds. The van der Waals surface area contributed by atoms with E-state index < -0.39 is 11.8 Å². The highest BCUT2D eigenvalue weighted by atomic mass is 32.1. The Hall–Kier alpha value is -3.46. The molecule has 0 atom stereocenters. The smallest absolute Gasteiger partial charge is 0.294 e. The molecule has 8 nitrogen and oxygen atoms in total. The van der Waals surface area contributed by atoms with Crippen molar-refractivity contribution in [2.75, 3.05) is 0 Å². The number of hydrogen-bond acceptors (Lipinski definition) is 5. The maximum absolute atomic E-state index is 12.1. The standard InChI is InChI=1S/C16H13N5O3S/c22-12-9-21(10-5-2-1-3-6-10)20-13(12)15(24)19-18-14(23)11-7-4-8-17-16(11)25/h1-9,22H,(H,17,25)(H,18,23)(H,19,24). The molecule has 126 valence electrons. The van der Waals surface area contributed by atoms with Crippen molar-refractivity contribution in [3.8, 4) is 11.4 Å². The van der Waals surface area contributed by atoms with Crippen LogP contribution in [0.2, 0.25) is 0 Å². The minimum atomic E-state index is -0.758. The Kier molecular flexibility index (Phi) is 4.57. The number of nitrogens with one attached hydrogen (secondary N) is 3. The Balaban J connectivity index is 1.72. The van der Waals surface area contributed by atoms with E-state index in [2.05, 4.69) is 20.9 Å². The van der Waals surface area contributed by atoms with Crippen LogP contribution in [0.1, 0.15) is 20.8 Å². The highest BCUT2D eigenvalue weighted by molar-refractivity contribution is 7.71. The lowest BCUT2D eigenvalue weighted by molar-refractivity contribution is 0.0841. The van der Waals surface area contributed by atoms with Crippen LogP contribution in [0, 0.1) is 4.64 Å². The Morgan fingerprint density at radius 3 is 2.52 bits per heavy atom.